The second kappa shape index (κ2) is 8.88. The number of imide groups is 1. The van der Waals surface area contributed by atoms with Crippen molar-refractivity contribution in [2.75, 3.05) is 26.7 Å². The second-order valence-corrected chi connectivity index (χ2v) is 5.74. The Bertz CT molecular complexity index is 546. The van der Waals surface area contributed by atoms with Crippen molar-refractivity contribution < 1.29 is 9.59 Å². The number of urea groups is 1. The molecule has 0 unspecified atom stereocenters. The largest absolute Gasteiger partial charge is 0.355 e. The van der Waals surface area contributed by atoms with Crippen LogP contribution in [-0.4, -0.2) is 54.5 Å². The van der Waals surface area contributed by atoms with Crippen LogP contribution in [0.5, 0.6) is 0 Å². The molecular weight excluding hydrogens is 419 g/mol. The zero-order chi connectivity index (χ0) is 15.2. The molecule has 1 aromatic rings. The lowest BCUT2D eigenvalue weighted by Crippen LogP contribution is -2.43. The number of aliphatic imine (C=N–C) groups is 1. The minimum atomic E-state index is -0.344. The van der Waals surface area contributed by atoms with Crippen molar-refractivity contribution in [2.45, 2.75) is 13.5 Å². The van der Waals surface area contributed by atoms with Crippen molar-refractivity contribution in [2.24, 2.45) is 4.99 Å². The highest BCUT2D eigenvalue weighted by Crippen LogP contribution is 2.10. The SMILES string of the molecule is CN=C(NCCN1C(=O)CNC1=O)NCc1ncc(C)s1.I. The number of hydrogen-bond donors (Lipinski definition) is 3. The molecule has 1 aliphatic heterocycles. The van der Waals surface area contributed by atoms with Gasteiger partial charge in [-0.2, -0.15) is 0 Å². The summed E-state index contributed by atoms with van der Waals surface area (Å²) < 4.78 is 0. The van der Waals surface area contributed by atoms with Crippen LogP contribution in [-0.2, 0) is 11.3 Å². The van der Waals surface area contributed by atoms with E-state index in [9.17, 15) is 9.59 Å². The highest BCUT2D eigenvalue weighted by Gasteiger charge is 2.27. The molecule has 2 heterocycles. The van der Waals surface area contributed by atoms with Crippen molar-refractivity contribution in [3.8, 4) is 0 Å². The van der Waals surface area contributed by atoms with Crippen molar-refractivity contribution >= 4 is 53.2 Å². The lowest BCUT2D eigenvalue weighted by molar-refractivity contribution is -0.124. The van der Waals surface area contributed by atoms with Gasteiger partial charge in [0.1, 0.15) is 5.01 Å². The van der Waals surface area contributed by atoms with Gasteiger partial charge in [-0.3, -0.25) is 14.7 Å². The number of amides is 3. The number of hydrogen-bond acceptors (Lipinski definition) is 5. The molecule has 8 nitrogen and oxygen atoms in total. The molecule has 1 saturated heterocycles. The molecule has 2 rings (SSSR count). The van der Waals surface area contributed by atoms with Gasteiger partial charge in [0, 0.05) is 31.2 Å². The Morgan fingerprint density at radius 3 is 2.82 bits per heavy atom. The van der Waals surface area contributed by atoms with Crippen LogP contribution < -0.4 is 16.0 Å². The summed E-state index contributed by atoms with van der Waals surface area (Å²) >= 11 is 1.62. The number of halogens is 1. The Morgan fingerprint density at radius 1 is 1.50 bits per heavy atom. The number of carbonyl (C=O) groups is 2. The summed E-state index contributed by atoms with van der Waals surface area (Å²) in [5.74, 6) is 0.401. The van der Waals surface area contributed by atoms with Crippen LogP contribution >= 0.6 is 35.3 Å². The first-order valence-corrected chi connectivity index (χ1v) is 7.36. The van der Waals surface area contributed by atoms with Crippen LogP contribution in [0.4, 0.5) is 4.79 Å². The topological polar surface area (TPSA) is 98.7 Å². The second-order valence-electron chi connectivity index (χ2n) is 4.42. The molecule has 1 aromatic heterocycles. The molecule has 122 valence electrons. The fourth-order valence-electron chi connectivity index (χ4n) is 1.83. The Hall–Kier alpha value is -1.43. The van der Waals surface area contributed by atoms with Gasteiger partial charge in [0.2, 0.25) is 5.91 Å². The van der Waals surface area contributed by atoms with Gasteiger partial charge >= 0.3 is 6.03 Å². The zero-order valence-electron chi connectivity index (χ0n) is 12.4. The van der Waals surface area contributed by atoms with Crippen molar-refractivity contribution in [3.63, 3.8) is 0 Å². The number of aromatic nitrogens is 1. The normalized spacial score (nSPS) is 14.6. The van der Waals surface area contributed by atoms with Crippen LogP contribution in [0, 0.1) is 6.92 Å². The van der Waals surface area contributed by atoms with Crippen LogP contribution in [0.15, 0.2) is 11.2 Å². The third kappa shape index (κ3) is 5.09. The molecule has 0 bridgehead atoms. The van der Waals surface area contributed by atoms with Crippen LogP contribution in [0.1, 0.15) is 9.88 Å². The maximum Gasteiger partial charge on any atom is 0.324 e. The third-order valence-electron chi connectivity index (χ3n) is 2.86. The van der Waals surface area contributed by atoms with Crippen molar-refractivity contribution in [3.05, 3.63) is 16.1 Å². The highest BCUT2D eigenvalue weighted by atomic mass is 127. The van der Waals surface area contributed by atoms with Crippen molar-refractivity contribution in [1.29, 1.82) is 0 Å². The Kier molecular flexibility index (Phi) is 7.51. The fraction of sp³-hybridized carbons (Fsp3) is 0.500. The minimum absolute atomic E-state index is 0. The molecule has 0 atom stereocenters. The van der Waals surface area contributed by atoms with E-state index in [0.717, 1.165) is 9.88 Å². The predicted molar refractivity (Wildman–Crippen MR) is 95.6 cm³/mol. The number of nitrogens with zero attached hydrogens (tertiary/aromatic N) is 3. The van der Waals surface area contributed by atoms with Gasteiger partial charge < -0.3 is 16.0 Å². The van der Waals surface area contributed by atoms with E-state index in [4.69, 9.17) is 0 Å². The molecule has 1 aliphatic rings. The number of nitrogens with one attached hydrogen (secondary N) is 3. The first kappa shape index (κ1) is 18.6. The standard InChI is InChI=1S/C12H18N6O2S.HI/c1-8-5-15-9(21-8)6-16-11(13-2)14-3-4-18-10(19)7-17-12(18)20;/h5H,3-4,6-7H2,1-2H3,(H,17,20)(H2,13,14,16);1H. The maximum atomic E-state index is 11.4. The zero-order valence-corrected chi connectivity index (χ0v) is 15.5. The molecule has 3 amide bonds. The number of aryl methyl sites for hydroxylation is 1. The number of thiazole rings is 1. The van der Waals surface area contributed by atoms with E-state index in [2.05, 4.69) is 25.9 Å². The van der Waals surface area contributed by atoms with E-state index >= 15 is 0 Å². The van der Waals surface area contributed by atoms with Gasteiger partial charge in [-0.25, -0.2) is 9.78 Å². The molecule has 0 spiro atoms. The first-order valence-electron chi connectivity index (χ1n) is 6.54. The molecule has 0 aliphatic carbocycles. The summed E-state index contributed by atoms with van der Waals surface area (Å²) in [7, 11) is 1.66. The highest BCUT2D eigenvalue weighted by molar-refractivity contribution is 14.0. The molecule has 10 heteroatoms. The minimum Gasteiger partial charge on any atom is -0.355 e. The van der Waals surface area contributed by atoms with Gasteiger partial charge in [-0.05, 0) is 6.92 Å². The summed E-state index contributed by atoms with van der Waals surface area (Å²) in [5, 5.41) is 9.64. The summed E-state index contributed by atoms with van der Waals surface area (Å²) in [6.07, 6.45) is 1.83. The fourth-order valence-corrected chi connectivity index (χ4v) is 2.56. The van der Waals surface area contributed by atoms with E-state index in [-0.39, 0.29) is 42.5 Å². The number of carbonyl (C=O) groups excluding carboxylic acids is 2. The molecule has 0 saturated carbocycles. The van der Waals surface area contributed by atoms with E-state index in [1.165, 1.54) is 4.90 Å². The monoisotopic (exact) mass is 438 g/mol. The molecule has 1 fully saturated rings. The maximum absolute atomic E-state index is 11.4. The molecule has 0 aromatic carbocycles. The summed E-state index contributed by atoms with van der Waals surface area (Å²) in [6, 6.07) is -0.344. The number of rotatable bonds is 5. The third-order valence-corrected chi connectivity index (χ3v) is 3.78. The van der Waals surface area contributed by atoms with Gasteiger partial charge in [0.15, 0.2) is 5.96 Å². The average Bonchev–Trinajstić information content (AvgIpc) is 3.02. The predicted octanol–water partition coefficient (Wildman–Crippen LogP) is 0.286. The lowest BCUT2D eigenvalue weighted by Gasteiger charge is -2.15. The van der Waals surface area contributed by atoms with Gasteiger partial charge in [0.25, 0.3) is 0 Å². The Morgan fingerprint density at radius 2 is 2.27 bits per heavy atom. The van der Waals surface area contributed by atoms with E-state index < -0.39 is 0 Å². The Balaban J connectivity index is 0.00000242. The lowest BCUT2D eigenvalue weighted by atomic mass is 10.5. The first-order chi connectivity index (χ1) is 10.1. The van der Waals surface area contributed by atoms with Gasteiger partial charge in [-0.15, -0.1) is 35.3 Å². The molecule has 3 N–H and O–H groups in total. The summed E-state index contributed by atoms with van der Waals surface area (Å²) in [6.45, 7) is 3.42. The van der Waals surface area contributed by atoms with E-state index in [0.29, 0.717) is 25.6 Å². The van der Waals surface area contributed by atoms with Crippen LogP contribution in [0.25, 0.3) is 0 Å². The quantitative estimate of drug-likeness (QED) is 0.266. The van der Waals surface area contributed by atoms with Gasteiger partial charge in [-0.1, -0.05) is 0 Å². The van der Waals surface area contributed by atoms with Crippen LogP contribution in [0.2, 0.25) is 0 Å². The smallest absolute Gasteiger partial charge is 0.324 e. The molecular formula is C12H19IN6O2S. The van der Waals surface area contributed by atoms with Crippen molar-refractivity contribution in [1.82, 2.24) is 25.8 Å². The molecule has 22 heavy (non-hydrogen) atoms. The van der Waals surface area contributed by atoms with E-state index in [1.54, 1.807) is 18.4 Å². The number of guanidine groups is 1. The van der Waals surface area contributed by atoms with Gasteiger partial charge in [0.05, 0.1) is 13.1 Å². The summed E-state index contributed by atoms with van der Waals surface area (Å²) in [5.41, 5.74) is 0. The Labute approximate surface area is 149 Å². The van der Waals surface area contributed by atoms with E-state index in [1.807, 2.05) is 13.1 Å². The molecule has 0 radical (unpaired) electrons. The van der Waals surface area contributed by atoms with Crippen LogP contribution in [0.3, 0.4) is 0 Å². The summed E-state index contributed by atoms with van der Waals surface area (Å²) in [4.78, 5) is 33.4. The average molecular weight is 438 g/mol.